The van der Waals surface area contributed by atoms with Gasteiger partial charge in [0.15, 0.2) is 0 Å². The molecule has 0 aromatic heterocycles. The lowest BCUT2D eigenvalue weighted by Crippen LogP contribution is -2.24. The second kappa shape index (κ2) is 8.23. The van der Waals surface area contributed by atoms with Gasteiger partial charge in [-0.2, -0.15) is 0 Å². The van der Waals surface area contributed by atoms with Gasteiger partial charge in [0, 0.05) is 20.3 Å². The summed E-state index contributed by atoms with van der Waals surface area (Å²) in [6, 6.07) is 14.9. The Morgan fingerprint density at radius 3 is 2.15 bits per heavy atom. The first-order valence-corrected chi connectivity index (χ1v) is 9.96. The van der Waals surface area contributed by atoms with Crippen LogP contribution in [0.1, 0.15) is 19.4 Å². The highest BCUT2D eigenvalue weighted by atomic mass is 79.9. The van der Waals surface area contributed by atoms with Crippen molar-refractivity contribution >= 4 is 55.5 Å². The Kier molecular flexibility index (Phi) is 5.97. The molecule has 3 rings (SSSR count). The van der Waals surface area contributed by atoms with Gasteiger partial charge in [-0.05, 0) is 61.9 Å². The first-order chi connectivity index (χ1) is 12.9. The Hall–Kier alpha value is -2.18. The Bertz CT molecular complexity index is 944. The van der Waals surface area contributed by atoms with Crippen LogP contribution in [-0.2, 0) is 14.3 Å². The number of benzene rings is 2. The van der Waals surface area contributed by atoms with Gasteiger partial charge < -0.3 is 4.74 Å². The first-order valence-electron chi connectivity index (χ1n) is 8.38. The highest BCUT2D eigenvalue weighted by Gasteiger charge is 2.38. The number of nitrogens with zero attached hydrogens (tertiary/aromatic N) is 1. The lowest BCUT2D eigenvalue weighted by Gasteiger charge is -2.18. The standard InChI is InChI=1S/C21H17Br2NO3/c1-3-27-21(26)19-13(2)24(17-10-8-16(23)9-11-17)20(25)18(19)12-14-4-6-15(22)7-5-14/h4-12H,3H2,1-2H3/b18-12-. The summed E-state index contributed by atoms with van der Waals surface area (Å²) in [6.07, 6.45) is 1.73. The zero-order chi connectivity index (χ0) is 19.6. The third-order valence-electron chi connectivity index (χ3n) is 4.15. The summed E-state index contributed by atoms with van der Waals surface area (Å²) in [6.45, 7) is 3.75. The summed E-state index contributed by atoms with van der Waals surface area (Å²) in [4.78, 5) is 27.3. The summed E-state index contributed by atoms with van der Waals surface area (Å²) in [5.74, 6) is -0.743. The number of halogens is 2. The molecule has 0 saturated heterocycles. The van der Waals surface area contributed by atoms with Gasteiger partial charge in [0.05, 0.1) is 17.8 Å². The maximum absolute atomic E-state index is 13.2. The van der Waals surface area contributed by atoms with E-state index in [4.69, 9.17) is 4.74 Å². The Morgan fingerprint density at radius 1 is 1.04 bits per heavy atom. The van der Waals surface area contributed by atoms with Gasteiger partial charge in [-0.25, -0.2) is 4.79 Å². The fourth-order valence-corrected chi connectivity index (χ4v) is 3.44. The SMILES string of the molecule is CCOC(=O)C1=C(C)N(c2ccc(Br)cc2)C(=O)/C1=C\c1ccc(Br)cc1. The molecule has 2 aromatic rings. The number of ether oxygens (including phenoxy) is 1. The molecule has 1 heterocycles. The van der Waals surface area contributed by atoms with Gasteiger partial charge in [-0.15, -0.1) is 0 Å². The quantitative estimate of drug-likeness (QED) is 0.421. The van der Waals surface area contributed by atoms with Crippen molar-refractivity contribution in [2.75, 3.05) is 11.5 Å². The van der Waals surface area contributed by atoms with E-state index in [1.54, 1.807) is 24.8 Å². The molecule has 4 nitrogen and oxygen atoms in total. The van der Waals surface area contributed by atoms with E-state index in [1.165, 1.54) is 0 Å². The molecule has 27 heavy (non-hydrogen) atoms. The molecule has 0 radical (unpaired) electrons. The van der Waals surface area contributed by atoms with Gasteiger partial charge in [0.25, 0.3) is 5.91 Å². The van der Waals surface area contributed by atoms with Crippen LogP contribution in [0.15, 0.2) is 74.3 Å². The molecule has 138 valence electrons. The van der Waals surface area contributed by atoms with Crippen molar-refractivity contribution in [1.29, 1.82) is 0 Å². The Morgan fingerprint density at radius 2 is 1.59 bits per heavy atom. The fraction of sp³-hybridized carbons (Fsp3) is 0.143. The Labute approximate surface area is 174 Å². The number of amides is 1. The van der Waals surface area contributed by atoms with E-state index < -0.39 is 5.97 Å². The van der Waals surface area contributed by atoms with E-state index in [0.29, 0.717) is 22.5 Å². The first kappa shape index (κ1) is 19.6. The molecule has 0 bridgehead atoms. The van der Waals surface area contributed by atoms with Crippen LogP contribution >= 0.6 is 31.9 Å². The van der Waals surface area contributed by atoms with Crippen molar-refractivity contribution in [3.05, 3.63) is 79.9 Å². The molecule has 1 amide bonds. The van der Waals surface area contributed by atoms with E-state index in [9.17, 15) is 9.59 Å². The topological polar surface area (TPSA) is 46.6 Å². The molecule has 0 fully saturated rings. The minimum absolute atomic E-state index is 0.244. The molecule has 1 aliphatic rings. The predicted octanol–water partition coefficient (Wildman–Crippen LogP) is 5.48. The number of allylic oxidation sites excluding steroid dienone is 1. The van der Waals surface area contributed by atoms with Crippen molar-refractivity contribution in [3.63, 3.8) is 0 Å². The average Bonchev–Trinajstić information content (AvgIpc) is 2.88. The Balaban J connectivity index is 2.11. The van der Waals surface area contributed by atoms with Crippen LogP contribution in [0.4, 0.5) is 5.69 Å². The zero-order valence-electron chi connectivity index (χ0n) is 14.8. The molecule has 6 heteroatoms. The molecule has 0 unspecified atom stereocenters. The molecule has 0 spiro atoms. The molecule has 0 aliphatic carbocycles. The lowest BCUT2D eigenvalue weighted by molar-refractivity contribution is -0.138. The molecule has 0 N–H and O–H groups in total. The van der Waals surface area contributed by atoms with Crippen molar-refractivity contribution < 1.29 is 14.3 Å². The normalized spacial score (nSPS) is 15.6. The third-order valence-corrected chi connectivity index (χ3v) is 5.20. The predicted molar refractivity (Wildman–Crippen MR) is 113 cm³/mol. The molecular formula is C21H17Br2NO3. The van der Waals surface area contributed by atoms with Gasteiger partial charge in [-0.1, -0.05) is 44.0 Å². The van der Waals surface area contributed by atoms with E-state index in [1.807, 2.05) is 48.5 Å². The molecule has 0 atom stereocenters. The molecular weight excluding hydrogens is 474 g/mol. The van der Waals surface area contributed by atoms with Crippen molar-refractivity contribution in [3.8, 4) is 0 Å². The number of carbonyl (C=O) groups excluding carboxylic acids is 2. The number of hydrogen-bond acceptors (Lipinski definition) is 3. The van der Waals surface area contributed by atoms with Crippen molar-refractivity contribution in [2.24, 2.45) is 0 Å². The van der Waals surface area contributed by atoms with E-state index in [0.717, 1.165) is 14.5 Å². The van der Waals surface area contributed by atoms with Gasteiger partial charge >= 0.3 is 5.97 Å². The minimum atomic E-state index is -0.494. The van der Waals surface area contributed by atoms with Crippen molar-refractivity contribution in [2.45, 2.75) is 13.8 Å². The maximum Gasteiger partial charge on any atom is 0.340 e. The van der Waals surface area contributed by atoms with Crippen LogP contribution < -0.4 is 4.90 Å². The third kappa shape index (κ3) is 4.06. The number of rotatable bonds is 4. The van der Waals surface area contributed by atoms with Gasteiger partial charge in [0.2, 0.25) is 0 Å². The zero-order valence-corrected chi connectivity index (χ0v) is 18.0. The number of anilines is 1. The average molecular weight is 491 g/mol. The van der Waals surface area contributed by atoms with Crippen LogP contribution in [0.25, 0.3) is 6.08 Å². The summed E-state index contributed by atoms with van der Waals surface area (Å²) in [5.41, 5.74) is 2.71. The summed E-state index contributed by atoms with van der Waals surface area (Å²) < 4.78 is 7.06. The second-order valence-electron chi connectivity index (χ2n) is 5.91. The second-order valence-corrected chi connectivity index (χ2v) is 7.74. The number of hydrogen-bond donors (Lipinski definition) is 0. The number of carbonyl (C=O) groups is 2. The maximum atomic E-state index is 13.2. The largest absolute Gasteiger partial charge is 0.462 e. The summed E-state index contributed by atoms with van der Waals surface area (Å²) in [5, 5.41) is 0. The van der Waals surface area contributed by atoms with Crippen LogP contribution in [0, 0.1) is 0 Å². The van der Waals surface area contributed by atoms with E-state index in [2.05, 4.69) is 31.9 Å². The smallest absolute Gasteiger partial charge is 0.340 e. The monoisotopic (exact) mass is 489 g/mol. The molecule has 0 saturated carbocycles. The highest BCUT2D eigenvalue weighted by molar-refractivity contribution is 9.10. The lowest BCUT2D eigenvalue weighted by atomic mass is 10.0. The minimum Gasteiger partial charge on any atom is -0.462 e. The van der Waals surface area contributed by atoms with Crippen LogP contribution in [0.2, 0.25) is 0 Å². The van der Waals surface area contributed by atoms with Crippen LogP contribution in [-0.4, -0.2) is 18.5 Å². The summed E-state index contributed by atoms with van der Waals surface area (Å²) >= 11 is 6.80. The number of esters is 1. The van der Waals surface area contributed by atoms with Gasteiger partial charge in [-0.3, -0.25) is 9.69 Å². The van der Waals surface area contributed by atoms with Crippen LogP contribution in [0.5, 0.6) is 0 Å². The van der Waals surface area contributed by atoms with Gasteiger partial charge in [0.1, 0.15) is 0 Å². The van der Waals surface area contributed by atoms with E-state index >= 15 is 0 Å². The highest BCUT2D eigenvalue weighted by Crippen LogP contribution is 2.36. The molecule has 1 aliphatic heterocycles. The molecule has 2 aromatic carbocycles. The van der Waals surface area contributed by atoms with Crippen molar-refractivity contribution in [1.82, 2.24) is 0 Å². The van der Waals surface area contributed by atoms with Crippen LogP contribution in [0.3, 0.4) is 0 Å². The summed E-state index contributed by atoms with van der Waals surface area (Å²) in [7, 11) is 0. The fourth-order valence-electron chi connectivity index (χ4n) is 2.91. The van der Waals surface area contributed by atoms with E-state index in [-0.39, 0.29) is 12.5 Å².